The van der Waals surface area contributed by atoms with Crippen molar-refractivity contribution >= 4 is 66.2 Å². The summed E-state index contributed by atoms with van der Waals surface area (Å²) in [5.74, 6) is 0. The molecule has 6 aromatic heterocycles. The molecule has 0 radical (unpaired) electrons. The molecule has 0 aliphatic heterocycles. The molecule has 0 unspecified atom stereocenters. The third-order valence-electron chi connectivity index (χ3n) is 9.64. The van der Waals surface area contributed by atoms with E-state index in [4.69, 9.17) is 18.8 Å². The lowest BCUT2D eigenvalue weighted by molar-refractivity contribution is 0.668. The number of para-hydroxylation sites is 4. The van der Waals surface area contributed by atoms with Crippen LogP contribution in [0.3, 0.4) is 0 Å². The van der Waals surface area contributed by atoms with Crippen LogP contribution in [0.5, 0.6) is 0 Å². The van der Waals surface area contributed by atoms with Crippen LogP contribution in [0.1, 0.15) is 0 Å². The van der Waals surface area contributed by atoms with Crippen LogP contribution >= 0.6 is 0 Å². The van der Waals surface area contributed by atoms with E-state index in [1.54, 1.807) is 0 Å². The zero-order chi connectivity index (χ0) is 32.8. The number of hydrogen-bond donors (Lipinski definition) is 0. The number of rotatable bonds is 4. The van der Waals surface area contributed by atoms with Gasteiger partial charge in [0.2, 0.25) is 0 Å². The normalized spacial score (nSPS) is 12.0. The SMILES string of the molecule is c1ccc2c(c1)ncn2-c1ccc2oc3c(-c4ccc(-c5ccnc6c5oc5ccc(-n7cnc8ccccc87)cc56)cc4)ccnc3c2c1. The van der Waals surface area contributed by atoms with Crippen molar-refractivity contribution in [2.24, 2.45) is 0 Å². The number of benzene rings is 5. The number of nitrogens with zero attached hydrogens (tertiary/aromatic N) is 6. The van der Waals surface area contributed by atoms with E-state index in [9.17, 15) is 0 Å². The van der Waals surface area contributed by atoms with Crippen LogP contribution in [0.15, 0.2) is 155 Å². The molecule has 8 heteroatoms. The number of fused-ring (bicyclic) bond motifs is 8. The molecule has 0 bridgehead atoms. The largest absolute Gasteiger partial charge is 0.454 e. The molecule has 50 heavy (non-hydrogen) atoms. The molecule has 0 saturated heterocycles. The van der Waals surface area contributed by atoms with Crippen LogP contribution in [0.4, 0.5) is 0 Å². The Morgan fingerprint density at radius 3 is 1.38 bits per heavy atom. The Morgan fingerprint density at radius 2 is 0.900 bits per heavy atom. The molecule has 0 N–H and O–H groups in total. The van der Waals surface area contributed by atoms with Gasteiger partial charge in [0, 0.05) is 45.7 Å². The number of furan rings is 2. The van der Waals surface area contributed by atoms with E-state index < -0.39 is 0 Å². The van der Waals surface area contributed by atoms with Gasteiger partial charge in [-0.3, -0.25) is 19.1 Å². The molecular weight excluding hydrogens is 621 g/mol. The van der Waals surface area contributed by atoms with Gasteiger partial charge >= 0.3 is 0 Å². The van der Waals surface area contributed by atoms with Crippen LogP contribution in [0.2, 0.25) is 0 Å². The third kappa shape index (κ3) is 3.93. The smallest absolute Gasteiger partial charge is 0.161 e. The van der Waals surface area contributed by atoms with Gasteiger partial charge in [-0.1, -0.05) is 48.5 Å². The molecule has 8 nitrogen and oxygen atoms in total. The molecule has 5 aromatic carbocycles. The lowest BCUT2D eigenvalue weighted by atomic mass is 10.00. The van der Waals surface area contributed by atoms with Crippen LogP contribution < -0.4 is 0 Å². The zero-order valence-electron chi connectivity index (χ0n) is 26.4. The van der Waals surface area contributed by atoms with E-state index in [0.717, 1.165) is 99.8 Å². The molecule has 11 aromatic rings. The van der Waals surface area contributed by atoms with Crippen molar-refractivity contribution in [1.29, 1.82) is 0 Å². The maximum absolute atomic E-state index is 6.45. The first kappa shape index (κ1) is 26.9. The molecule has 0 amide bonds. The second kappa shape index (κ2) is 10.2. The summed E-state index contributed by atoms with van der Waals surface area (Å²) >= 11 is 0. The van der Waals surface area contributed by atoms with Crippen molar-refractivity contribution in [2.45, 2.75) is 0 Å². The lowest BCUT2D eigenvalue weighted by Gasteiger charge is -2.06. The fraction of sp³-hybridized carbons (Fsp3) is 0. The van der Waals surface area contributed by atoms with Crippen molar-refractivity contribution < 1.29 is 8.83 Å². The molecule has 0 spiro atoms. The van der Waals surface area contributed by atoms with Gasteiger partial charge in [-0.05, 0) is 83.9 Å². The zero-order valence-corrected chi connectivity index (χ0v) is 26.4. The molecule has 234 valence electrons. The van der Waals surface area contributed by atoms with E-state index in [1.165, 1.54) is 0 Å². The Kier molecular flexibility index (Phi) is 5.51. The predicted molar refractivity (Wildman–Crippen MR) is 197 cm³/mol. The highest BCUT2D eigenvalue weighted by atomic mass is 16.3. The highest BCUT2D eigenvalue weighted by molar-refractivity contribution is 6.09. The van der Waals surface area contributed by atoms with Crippen LogP contribution in [-0.4, -0.2) is 29.1 Å². The fourth-order valence-electron chi connectivity index (χ4n) is 7.20. The Labute approximate surface area is 283 Å². The standard InChI is InChI=1S/C42H24N6O2/c1-3-7-35-33(5-1)45-23-47(35)27-13-15-37-31(21-27)39-41(49-37)29(17-19-43-39)25-9-11-26(12-10-25)30-18-20-44-40-32-22-28(14-16-38(32)50-42(30)40)48-24-46-34-6-2-4-8-36(34)48/h1-24H. The second-order valence-corrected chi connectivity index (χ2v) is 12.4. The minimum atomic E-state index is 0.757. The molecular formula is C42H24N6O2. The number of aromatic nitrogens is 6. The Morgan fingerprint density at radius 1 is 0.440 bits per heavy atom. The van der Waals surface area contributed by atoms with Crippen LogP contribution in [0.25, 0.3) is 99.8 Å². The van der Waals surface area contributed by atoms with Gasteiger partial charge in [-0.25, -0.2) is 9.97 Å². The van der Waals surface area contributed by atoms with Gasteiger partial charge in [0.1, 0.15) is 34.9 Å². The summed E-state index contributed by atoms with van der Waals surface area (Å²) in [4.78, 5) is 18.6. The summed E-state index contributed by atoms with van der Waals surface area (Å²) in [6.07, 6.45) is 7.41. The summed E-state index contributed by atoms with van der Waals surface area (Å²) in [6, 6.07) is 41.1. The highest BCUT2D eigenvalue weighted by Crippen LogP contribution is 2.39. The van der Waals surface area contributed by atoms with Crippen molar-refractivity contribution in [2.75, 3.05) is 0 Å². The molecule has 11 rings (SSSR count). The first-order chi connectivity index (χ1) is 24.8. The van der Waals surface area contributed by atoms with Crippen molar-refractivity contribution in [3.63, 3.8) is 0 Å². The summed E-state index contributed by atoms with van der Waals surface area (Å²) in [5.41, 5.74) is 14.8. The van der Waals surface area contributed by atoms with E-state index in [-0.39, 0.29) is 0 Å². The van der Waals surface area contributed by atoms with Gasteiger partial charge < -0.3 is 8.83 Å². The topological polar surface area (TPSA) is 87.7 Å². The predicted octanol–water partition coefficient (Wildman–Crippen LogP) is 10.3. The molecule has 0 aliphatic rings. The minimum absolute atomic E-state index is 0.757. The average Bonchev–Trinajstić information content (AvgIpc) is 3.97. The van der Waals surface area contributed by atoms with Gasteiger partial charge in [0.05, 0.1) is 22.1 Å². The Balaban J connectivity index is 0.975. The average molecular weight is 645 g/mol. The Bertz CT molecular complexity index is 2900. The summed E-state index contributed by atoms with van der Waals surface area (Å²) < 4.78 is 17.1. The van der Waals surface area contributed by atoms with Crippen molar-refractivity contribution in [3.05, 3.63) is 146 Å². The van der Waals surface area contributed by atoms with Gasteiger partial charge in [0.15, 0.2) is 11.2 Å². The monoisotopic (exact) mass is 644 g/mol. The fourth-order valence-corrected chi connectivity index (χ4v) is 7.20. The molecule has 6 heterocycles. The van der Waals surface area contributed by atoms with E-state index in [2.05, 4.69) is 79.8 Å². The Hall–Kier alpha value is -7.06. The van der Waals surface area contributed by atoms with Crippen molar-refractivity contribution in [3.8, 4) is 33.6 Å². The minimum Gasteiger partial charge on any atom is -0.454 e. The molecule has 0 aliphatic carbocycles. The van der Waals surface area contributed by atoms with E-state index in [0.29, 0.717) is 0 Å². The first-order valence-electron chi connectivity index (χ1n) is 16.4. The number of imidazole rings is 2. The summed E-state index contributed by atoms with van der Waals surface area (Å²) in [7, 11) is 0. The van der Waals surface area contributed by atoms with Gasteiger partial charge in [-0.15, -0.1) is 0 Å². The number of hydrogen-bond acceptors (Lipinski definition) is 6. The van der Waals surface area contributed by atoms with Crippen LogP contribution in [0, 0.1) is 0 Å². The summed E-state index contributed by atoms with van der Waals surface area (Å²) in [6.45, 7) is 0. The molecule has 0 saturated carbocycles. The van der Waals surface area contributed by atoms with E-state index in [1.807, 2.05) is 85.7 Å². The van der Waals surface area contributed by atoms with Crippen LogP contribution in [-0.2, 0) is 0 Å². The highest BCUT2D eigenvalue weighted by Gasteiger charge is 2.18. The second-order valence-electron chi connectivity index (χ2n) is 12.4. The van der Waals surface area contributed by atoms with Gasteiger partial charge in [0.25, 0.3) is 0 Å². The molecule has 0 atom stereocenters. The third-order valence-corrected chi connectivity index (χ3v) is 9.64. The molecule has 0 fully saturated rings. The van der Waals surface area contributed by atoms with E-state index >= 15 is 0 Å². The van der Waals surface area contributed by atoms with Gasteiger partial charge in [-0.2, -0.15) is 0 Å². The number of pyridine rings is 2. The van der Waals surface area contributed by atoms with Crippen molar-refractivity contribution in [1.82, 2.24) is 29.1 Å². The maximum Gasteiger partial charge on any atom is 0.161 e. The summed E-state index contributed by atoms with van der Waals surface area (Å²) in [5, 5.41) is 1.92. The lowest BCUT2D eigenvalue weighted by Crippen LogP contribution is -1.91. The first-order valence-corrected chi connectivity index (χ1v) is 16.4. The quantitative estimate of drug-likeness (QED) is 0.189. The maximum atomic E-state index is 6.45.